The van der Waals surface area contributed by atoms with Gasteiger partial charge in [0, 0.05) is 6.54 Å². The van der Waals surface area contributed by atoms with Crippen molar-refractivity contribution in [3.05, 3.63) is 48.0 Å². The predicted octanol–water partition coefficient (Wildman–Crippen LogP) is 2.70. The highest BCUT2D eigenvalue weighted by Crippen LogP contribution is 2.04. The number of allylic oxidation sites excluding steroid dienone is 1. The van der Waals surface area contributed by atoms with E-state index in [0.717, 1.165) is 19.3 Å². The maximum Gasteiger partial charge on any atom is 0.243 e. The third-order valence-corrected chi connectivity index (χ3v) is 2.30. The molecule has 0 saturated carbocycles. The van der Waals surface area contributed by atoms with Gasteiger partial charge in [0.05, 0.1) is 0 Å². The van der Waals surface area contributed by atoms with E-state index in [4.69, 9.17) is 0 Å². The van der Waals surface area contributed by atoms with Crippen LogP contribution in [0.25, 0.3) is 0 Å². The fraction of sp³-hybridized carbons (Fsp3) is 0.357. The predicted molar refractivity (Wildman–Crippen MR) is 67.2 cm³/mol. The van der Waals surface area contributed by atoms with E-state index in [1.165, 1.54) is 5.56 Å². The molecule has 0 aliphatic carbocycles. The number of hydrogen-bond donors (Lipinski definition) is 1. The highest BCUT2D eigenvalue weighted by molar-refractivity contribution is 5.87. The summed E-state index contributed by atoms with van der Waals surface area (Å²) in [5, 5.41) is 2.73. The molecule has 0 aromatic heterocycles. The number of carbonyl (C=O) groups is 1. The molecule has 1 rings (SSSR count). The zero-order valence-corrected chi connectivity index (χ0v) is 9.78. The molecular formula is C14H19NO. The van der Waals surface area contributed by atoms with Gasteiger partial charge in [0.2, 0.25) is 5.91 Å². The number of rotatable bonds is 6. The van der Waals surface area contributed by atoms with Gasteiger partial charge in [-0.25, -0.2) is 0 Å². The van der Waals surface area contributed by atoms with Gasteiger partial charge in [-0.05, 0) is 37.8 Å². The largest absolute Gasteiger partial charge is 0.353 e. The number of unbranched alkanes of at least 4 members (excludes halogenated alkanes) is 1. The molecule has 0 bridgehead atoms. The Morgan fingerprint density at radius 2 is 2.06 bits per heavy atom. The smallest absolute Gasteiger partial charge is 0.243 e. The Morgan fingerprint density at radius 3 is 2.75 bits per heavy atom. The van der Waals surface area contributed by atoms with Crippen LogP contribution in [0, 0.1) is 0 Å². The molecule has 2 nitrogen and oxygen atoms in total. The van der Waals surface area contributed by atoms with E-state index in [9.17, 15) is 4.79 Å². The van der Waals surface area contributed by atoms with Crippen molar-refractivity contribution < 1.29 is 4.79 Å². The molecule has 0 spiro atoms. The summed E-state index contributed by atoms with van der Waals surface area (Å²) in [6.07, 6.45) is 6.66. The zero-order chi connectivity index (χ0) is 11.6. The fourth-order valence-corrected chi connectivity index (χ4v) is 1.49. The summed E-state index contributed by atoms with van der Waals surface area (Å²) < 4.78 is 0. The summed E-state index contributed by atoms with van der Waals surface area (Å²) in [5.74, 6) is 0.00205. The highest BCUT2D eigenvalue weighted by Gasteiger charge is 1.92. The molecule has 2 heteroatoms. The summed E-state index contributed by atoms with van der Waals surface area (Å²) in [4.78, 5) is 11.1. The van der Waals surface area contributed by atoms with Crippen molar-refractivity contribution in [2.24, 2.45) is 0 Å². The molecule has 86 valence electrons. The number of amides is 1. The Kier molecular flexibility index (Phi) is 6.00. The average molecular weight is 217 g/mol. The number of benzene rings is 1. The highest BCUT2D eigenvalue weighted by atomic mass is 16.1. The van der Waals surface area contributed by atoms with Crippen LogP contribution < -0.4 is 5.32 Å². The van der Waals surface area contributed by atoms with E-state index in [1.807, 2.05) is 19.1 Å². The zero-order valence-electron chi connectivity index (χ0n) is 9.78. The Morgan fingerprint density at radius 1 is 1.31 bits per heavy atom. The monoisotopic (exact) mass is 217 g/mol. The quantitative estimate of drug-likeness (QED) is 0.576. The standard InChI is InChI=1S/C14H19NO/c1-2-15-14(16)12-8-4-7-11-13-9-5-3-6-10-13/h3,5-6,8-10,12H,2,4,7,11H2,1H3,(H,15,16). The second kappa shape index (κ2) is 7.69. The summed E-state index contributed by atoms with van der Waals surface area (Å²) in [5.41, 5.74) is 1.36. The molecular weight excluding hydrogens is 198 g/mol. The van der Waals surface area contributed by atoms with Crippen molar-refractivity contribution in [2.45, 2.75) is 26.2 Å². The van der Waals surface area contributed by atoms with Crippen LogP contribution in [0.15, 0.2) is 42.5 Å². The van der Waals surface area contributed by atoms with Crippen molar-refractivity contribution in [2.75, 3.05) is 6.54 Å². The van der Waals surface area contributed by atoms with Gasteiger partial charge < -0.3 is 5.32 Å². The maximum atomic E-state index is 11.1. The third-order valence-electron chi connectivity index (χ3n) is 2.30. The molecule has 0 radical (unpaired) electrons. The first-order chi connectivity index (χ1) is 7.83. The molecule has 16 heavy (non-hydrogen) atoms. The minimum atomic E-state index is 0.00205. The molecule has 1 N–H and O–H groups in total. The van der Waals surface area contributed by atoms with E-state index in [1.54, 1.807) is 6.08 Å². The Balaban J connectivity index is 2.15. The maximum absolute atomic E-state index is 11.1. The lowest BCUT2D eigenvalue weighted by molar-refractivity contribution is -0.116. The fourth-order valence-electron chi connectivity index (χ4n) is 1.49. The number of carbonyl (C=O) groups excluding carboxylic acids is 1. The van der Waals surface area contributed by atoms with Crippen LogP contribution in [0.4, 0.5) is 0 Å². The van der Waals surface area contributed by atoms with Gasteiger partial charge >= 0.3 is 0 Å². The first-order valence-electron chi connectivity index (χ1n) is 5.81. The van der Waals surface area contributed by atoms with Crippen molar-refractivity contribution in [1.29, 1.82) is 0 Å². The van der Waals surface area contributed by atoms with Gasteiger partial charge in [-0.3, -0.25) is 4.79 Å². The SMILES string of the molecule is CCNC(=O)C=CCCCc1ccccc1. The molecule has 0 heterocycles. The van der Waals surface area contributed by atoms with Gasteiger partial charge in [-0.2, -0.15) is 0 Å². The number of hydrogen-bond acceptors (Lipinski definition) is 1. The van der Waals surface area contributed by atoms with Crippen molar-refractivity contribution in [3.63, 3.8) is 0 Å². The van der Waals surface area contributed by atoms with Crippen LogP contribution in [-0.4, -0.2) is 12.5 Å². The Labute approximate surface area is 97.4 Å². The minimum absolute atomic E-state index is 0.00205. The van der Waals surface area contributed by atoms with Crippen LogP contribution in [0.1, 0.15) is 25.3 Å². The molecule has 1 amide bonds. The lowest BCUT2D eigenvalue weighted by Crippen LogP contribution is -2.19. The second-order valence-corrected chi connectivity index (χ2v) is 3.67. The molecule has 0 aliphatic heterocycles. The molecule has 0 saturated heterocycles. The van der Waals surface area contributed by atoms with Crippen molar-refractivity contribution in [3.8, 4) is 0 Å². The van der Waals surface area contributed by atoms with E-state index in [2.05, 4.69) is 29.6 Å². The normalized spacial score (nSPS) is 10.6. The first kappa shape index (κ1) is 12.5. The van der Waals surface area contributed by atoms with Crippen molar-refractivity contribution >= 4 is 5.91 Å². The van der Waals surface area contributed by atoms with Gasteiger partial charge in [-0.1, -0.05) is 36.4 Å². The molecule has 1 aromatic rings. The molecule has 0 aliphatic rings. The lowest BCUT2D eigenvalue weighted by Gasteiger charge is -1.98. The van der Waals surface area contributed by atoms with Gasteiger partial charge in [0.15, 0.2) is 0 Å². The van der Waals surface area contributed by atoms with Gasteiger partial charge in [0.25, 0.3) is 0 Å². The van der Waals surface area contributed by atoms with E-state index >= 15 is 0 Å². The van der Waals surface area contributed by atoms with Crippen LogP contribution in [0.5, 0.6) is 0 Å². The summed E-state index contributed by atoms with van der Waals surface area (Å²) in [6.45, 7) is 2.61. The van der Waals surface area contributed by atoms with Crippen LogP contribution in [-0.2, 0) is 11.2 Å². The number of likely N-dealkylation sites (N-methyl/N-ethyl adjacent to an activating group) is 1. The average Bonchev–Trinajstić information content (AvgIpc) is 2.30. The van der Waals surface area contributed by atoms with Crippen LogP contribution in [0.3, 0.4) is 0 Å². The van der Waals surface area contributed by atoms with Crippen molar-refractivity contribution in [1.82, 2.24) is 5.32 Å². The number of aryl methyl sites for hydroxylation is 1. The number of nitrogens with one attached hydrogen (secondary N) is 1. The Bertz CT molecular complexity index is 330. The van der Waals surface area contributed by atoms with E-state index < -0.39 is 0 Å². The topological polar surface area (TPSA) is 29.1 Å². The summed E-state index contributed by atoms with van der Waals surface area (Å²) >= 11 is 0. The minimum Gasteiger partial charge on any atom is -0.353 e. The summed E-state index contributed by atoms with van der Waals surface area (Å²) in [7, 11) is 0. The third kappa shape index (κ3) is 5.35. The Hall–Kier alpha value is -1.57. The molecule has 0 unspecified atom stereocenters. The summed E-state index contributed by atoms with van der Waals surface area (Å²) in [6, 6.07) is 10.4. The van der Waals surface area contributed by atoms with E-state index in [-0.39, 0.29) is 5.91 Å². The van der Waals surface area contributed by atoms with Crippen LogP contribution in [0.2, 0.25) is 0 Å². The second-order valence-electron chi connectivity index (χ2n) is 3.67. The molecule has 0 atom stereocenters. The van der Waals surface area contributed by atoms with E-state index in [0.29, 0.717) is 6.54 Å². The van der Waals surface area contributed by atoms with Gasteiger partial charge in [0.1, 0.15) is 0 Å². The first-order valence-corrected chi connectivity index (χ1v) is 5.81. The van der Waals surface area contributed by atoms with Gasteiger partial charge in [-0.15, -0.1) is 0 Å². The van der Waals surface area contributed by atoms with Crippen LogP contribution >= 0.6 is 0 Å². The lowest BCUT2D eigenvalue weighted by atomic mass is 10.1. The molecule has 0 fully saturated rings. The molecule has 1 aromatic carbocycles.